The molecule has 0 aliphatic heterocycles. The first kappa shape index (κ1) is 18.8. The van der Waals surface area contributed by atoms with E-state index in [0.717, 1.165) is 5.56 Å². The number of alkyl halides is 2. The van der Waals surface area contributed by atoms with E-state index in [4.69, 9.17) is 39.6 Å². The topological polar surface area (TPSA) is 67.8 Å². The molecule has 0 saturated carbocycles. The molecule has 1 N–H and O–H groups in total. The smallest absolute Gasteiger partial charge is 0.297 e. The fourth-order valence-corrected chi connectivity index (χ4v) is 2.82. The second kappa shape index (κ2) is 7.13. The third kappa shape index (κ3) is 3.91. The zero-order valence-corrected chi connectivity index (χ0v) is 15.5. The Kier molecular flexibility index (Phi) is 5.58. The summed E-state index contributed by atoms with van der Waals surface area (Å²) in [6, 6.07) is 5.15. The molecule has 1 aliphatic rings. The number of hydrogen-bond donors (Lipinski definition) is 1. The number of ketones is 1. The molecule has 0 radical (unpaired) electrons. The molecule has 0 fully saturated rings. The van der Waals surface area contributed by atoms with Crippen LogP contribution in [-0.4, -0.2) is 27.8 Å². The molecule has 0 spiro atoms. The van der Waals surface area contributed by atoms with Crippen molar-refractivity contribution in [2.75, 3.05) is 5.32 Å². The lowest BCUT2D eigenvalue weighted by atomic mass is 9.87. The summed E-state index contributed by atoms with van der Waals surface area (Å²) < 4.78 is 0. The predicted octanol–water partition coefficient (Wildman–Crippen LogP) is 4.69. The molecule has 1 aromatic rings. The van der Waals surface area contributed by atoms with Crippen LogP contribution in [0.25, 0.3) is 0 Å². The molecule has 24 heavy (non-hydrogen) atoms. The number of halogens is 3. The maximum atomic E-state index is 11.9. The maximum absolute atomic E-state index is 11.9. The van der Waals surface area contributed by atoms with Gasteiger partial charge in [0.2, 0.25) is 0 Å². The zero-order valence-electron chi connectivity index (χ0n) is 13.2. The van der Waals surface area contributed by atoms with Crippen molar-refractivity contribution < 1.29 is 14.4 Å². The largest absolute Gasteiger partial charge is 0.437 e. The van der Waals surface area contributed by atoms with Crippen LogP contribution >= 0.6 is 34.8 Å². The SMILES string of the molecule is CC1=CC(=O)C(C)(Cl)C(Cl)C1=NOC(=O)Nc1ccc(C)cc1Cl. The quantitative estimate of drug-likeness (QED) is 0.453. The van der Waals surface area contributed by atoms with Crippen LogP contribution in [0, 0.1) is 6.92 Å². The molecule has 2 atom stereocenters. The van der Waals surface area contributed by atoms with Crippen molar-refractivity contribution in [3.63, 3.8) is 0 Å². The average Bonchev–Trinajstić information content (AvgIpc) is 2.48. The van der Waals surface area contributed by atoms with Crippen molar-refractivity contribution in [3.8, 4) is 0 Å². The highest BCUT2D eigenvalue weighted by Crippen LogP contribution is 2.33. The summed E-state index contributed by atoms with van der Waals surface area (Å²) in [6.45, 7) is 5.00. The van der Waals surface area contributed by atoms with Gasteiger partial charge in [-0.3, -0.25) is 14.9 Å². The summed E-state index contributed by atoms with van der Waals surface area (Å²) in [6.07, 6.45) is 0.487. The van der Waals surface area contributed by atoms with Gasteiger partial charge in [-0.05, 0) is 50.1 Å². The molecular formula is C16H15Cl3N2O3. The lowest BCUT2D eigenvalue weighted by Gasteiger charge is -2.29. The standard InChI is InChI=1S/C16H15Cl3N2O3/c1-8-4-5-11(10(17)6-8)20-15(23)24-21-13-9(2)7-12(22)16(3,19)14(13)18/h4-7,14H,1-3H3,(H,20,23). The van der Waals surface area contributed by atoms with Gasteiger partial charge >= 0.3 is 6.09 Å². The van der Waals surface area contributed by atoms with E-state index in [2.05, 4.69) is 10.5 Å². The van der Waals surface area contributed by atoms with Crippen LogP contribution < -0.4 is 5.32 Å². The normalized spacial score (nSPS) is 25.4. The molecule has 0 aromatic heterocycles. The Morgan fingerprint density at radius 3 is 2.67 bits per heavy atom. The number of amides is 1. The molecule has 2 unspecified atom stereocenters. The fourth-order valence-electron chi connectivity index (χ4n) is 2.06. The number of oxime groups is 1. The first-order chi connectivity index (χ1) is 11.1. The summed E-state index contributed by atoms with van der Waals surface area (Å²) >= 11 is 18.4. The molecular weight excluding hydrogens is 375 g/mol. The Hall–Kier alpha value is -1.56. The third-order valence-corrected chi connectivity index (χ3v) is 5.01. The van der Waals surface area contributed by atoms with E-state index in [1.54, 1.807) is 25.1 Å². The number of rotatable bonds is 2. The monoisotopic (exact) mass is 388 g/mol. The van der Waals surface area contributed by atoms with Crippen LogP contribution in [0.5, 0.6) is 0 Å². The third-order valence-electron chi connectivity index (χ3n) is 3.54. The molecule has 2 rings (SSSR count). The Morgan fingerprint density at radius 2 is 2.04 bits per heavy atom. The number of nitrogens with zero attached hydrogens (tertiary/aromatic N) is 1. The van der Waals surface area contributed by atoms with Crippen molar-refractivity contribution in [3.05, 3.63) is 40.4 Å². The first-order valence-electron chi connectivity index (χ1n) is 7.01. The van der Waals surface area contributed by atoms with Gasteiger partial charge in [-0.2, -0.15) is 0 Å². The summed E-state index contributed by atoms with van der Waals surface area (Å²) in [5.41, 5.74) is 2.06. The minimum atomic E-state index is -1.35. The maximum Gasteiger partial charge on any atom is 0.437 e. The van der Waals surface area contributed by atoms with Crippen LogP contribution in [-0.2, 0) is 9.63 Å². The van der Waals surface area contributed by atoms with Crippen molar-refractivity contribution in [2.45, 2.75) is 31.0 Å². The van der Waals surface area contributed by atoms with E-state index in [9.17, 15) is 9.59 Å². The second-order valence-electron chi connectivity index (χ2n) is 5.59. The molecule has 0 heterocycles. The summed E-state index contributed by atoms with van der Waals surface area (Å²) in [7, 11) is 0. The number of carbonyl (C=O) groups is 2. The van der Waals surface area contributed by atoms with E-state index in [1.807, 2.05) is 6.92 Å². The number of benzene rings is 1. The number of aryl methyl sites for hydroxylation is 1. The van der Waals surface area contributed by atoms with Gasteiger partial charge in [0.1, 0.15) is 16.0 Å². The predicted molar refractivity (Wildman–Crippen MR) is 96.4 cm³/mol. The molecule has 0 saturated heterocycles. The van der Waals surface area contributed by atoms with Crippen molar-refractivity contribution in [2.24, 2.45) is 5.16 Å². The molecule has 5 nitrogen and oxygen atoms in total. The van der Waals surface area contributed by atoms with Crippen LogP contribution in [0.3, 0.4) is 0 Å². The molecule has 128 valence electrons. The number of carbonyl (C=O) groups excluding carboxylic acids is 2. The zero-order chi connectivity index (χ0) is 18.1. The Balaban J connectivity index is 2.13. The Morgan fingerprint density at radius 1 is 1.38 bits per heavy atom. The Labute approximate surface area is 154 Å². The van der Waals surface area contributed by atoms with Gasteiger partial charge in [0, 0.05) is 0 Å². The van der Waals surface area contributed by atoms with E-state index in [-0.39, 0.29) is 11.5 Å². The molecule has 1 amide bonds. The molecule has 8 heteroatoms. The second-order valence-corrected chi connectivity index (χ2v) is 7.22. The van der Waals surface area contributed by atoms with Gasteiger partial charge in [0.15, 0.2) is 5.78 Å². The van der Waals surface area contributed by atoms with Crippen molar-refractivity contribution in [1.82, 2.24) is 0 Å². The summed E-state index contributed by atoms with van der Waals surface area (Å²) in [4.78, 5) is 27.2. The fraction of sp³-hybridized carbons (Fsp3) is 0.312. The van der Waals surface area contributed by atoms with Gasteiger partial charge < -0.3 is 0 Å². The molecule has 1 aromatic carbocycles. The highest BCUT2D eigenvalue weighted by molar-refractivity contribution is 6.50. The van der Waals surface area contributed by atoms with Crippen LogP contribution in [0.4, 0.5) is 10.5 Å². The minimum Gasteiger partial charge on any atom is -0.297 e. The van der Waals surface area contributed by atoms with Gasteiger partial charge in [0.05, 0.1) is 10.7 Å². The van der Waals surface area contributed by atoms with Crippen LogP contribution in [0.2, 0.25) is 5.02 Å². The minimum absolute atomic E-state index is 0.221. The van der Waals surface area contributed by atoms with Gasteiger partial charge in [0.25, 0.3) is 0 Å². The first-order valence-corrected chi connectivity index (χ1v) is 8.20. The van der Waals surface area contributed by atoms with Crippen molar-refractivity contribution in [1.29, 1.82) is 0 Å². The highest BCUT2D eigenvalue weighted by Gasteiger charge is 2.44. The van der Waals surface area contributed by atoms with Crippen LogP contribution in [0.1, 0.15) is 19.4 Å². The van der Waals surface area contributed by atoms with Gasteiger partial charge in [-0.25, -0.2) is 4.79 Å². The van der Waals surface area contributed by atoms with E-state index < -0.39 is 16.3 Å². The van der Waals surface area contributed by atoms with Gasteiger partial charge in [-0.15, -0.1) is 23.2 Å². The lowest BCUT2D eigenvalue weighted by Crippen LogP contribution is -2.46. The highest BCUT2D eigenvalue weighted by atomic mass is 35.5. The summed E-state index contributed by atoms with van der Waals surface area (Å²) in [5, 5.41) is 5.67. The lowest BCUT2D eigenvalue weighted by molar-refractivity contribution is -0.116. The number of hydrogen-bond acceptors (Lipinski definition) is 4. The number of nitrogens with one attached hydrogen (secondary N) is 1. The number of allylic oxidation sites excluding steroid dienone is 2. The number of anilines is 1. The molecule has 1 aliphatic carbocycles. The van der Waals surface area contributed by atoms with Crippen LogP contribution in [0.15, 0.2) is 35.0 Å². The van der Waals surface area contributed by atoms with Gasteiger partial charge in [-0.1, -0.05) is 22.8 Å². The Bertz CT molecular complexity index is 757. The van der Waals surface area contributed by atoms with Crippen molar-refractivity contribution >= 4 is 58.1 Å². The van der Waals surface area contributed by atoms with E-state index >= 15 is 0 Å². The van der Waals surface area contributed by atoms with E-state index in [0.29, 0.717) is 16.3 Å². The molecule has 0 bridgehead atoms. The van der Waals surface area contributed by atoms with E-state index in [1.165, 1.54) is 13.0 Å². The average molecular weight is 390 g/mol. The summed E-state index contributed by atoms with van der Waals surface area (Å²) in [5.74, 6) is -0.323.